The highest BCUT2D eigenvalue weighted by atomic mass is 32.1. The van der Waals surface area contributed by atoms with Crippen molar-refractivity contribution in [3.63, 3.8) is 0 Å². The van der Waals surface area contributed by atoms with Gasteiger partial charge in [0.2, 0.25) is 5.91 Å². The molecule has 1 aromatic carbocycles. The van der Waals surface area contributed by atoms with Gasteiger partial charge in [-0.3, -0.25) is 9.59 Å². The Balaban J connectivity index is 1.48. The van der Waals surface area contributed by atoms with Crippen LogP contribution in [0.5, 0.6) is 0 Å². The Morgan fingerprint density at radius 3 is 2.67 bits per heavy atom. The number of aryl methyl sites for hydroxylation is 1. The van der Waals surface area contributed by atoms with Crippen LogP contribution in [0.1, 0.15) is 48.2 Å². The van der Waals surface area contributed by atoms with Crippen LogP contribution in [0.4, 0.5) is 5.13 Å². The largest absolute Gasteiger partial charge is 0.348 e. The first-order valence-corrected chi connectivity index (χ1v) is 9.19. The maximum Gasteiger partial charge on any atom is 0.271 e. The second-order valence-electron chi connectivity index (χ2n) is 6.03. The maximum atomic E-state index is 12.1. The van der Waals surface area contributed by atoms with Gasteiger partial charge in [-0.15, -0.1) is 11.3 Å². The molecule has 1 fully saturated rings. The SMILES string of the molecule is O=C(CCc1ccccc1)Nc1nc(C(=O)NC2CCCC2)cs1. The van der Waals surface area contributed by atoms with E-state index in [1.807, 2.05) is 30.3 Å². The normalized spacial score (nSPS) is 14.5. The summed E-state index contributed by atoms with van der Waals surface area (Å²) in [7, 11) is 0. The van der Waals surface area contributed by atoms with Gasteiger partial charge in [0, 0.05) is 17.8 Å². The van der Waals surface area contributed by atoms with Crippen LogP contribution in [0.2, 0.25) is 0 Å². The third-order valence-electron chi connectivity index (χ3n) is 4.16. The van der Waals surface area contributed by atoms with Gasteiger partial charge in [-0.05, 0) is 24.8 Å². The number of hydrogen-bond acceptors (Lipinski definition) is 4. The molecule has 6 heteroatoms. The number of carbonyl (C=O) groups is 2. The standard InChI is InChI=1S/C18H21N3O2S/c22-16(11-10-13-6-2-1-3-7-13)21-18-20-15(12-24-18)17(23)19-14-8-4-5-9-14/h1-3,6-7,12,14H,4-5,8-11H2,(H,19,23)(H,20,21,22). The minimum absolute atomic E-state index is 0.0871. The summed E-state index contributed by atoms with van der Waals surface area (Å²) in [5, 5.41) is 7.94. The number of nitrogens with one attached hydrogen (secondary N) is 2. The molecule has 0 atom stereocenters. The van der Waals surface area contributed by atoms with Gasteiger partial charge in [0.05, 0.1) is 0 Å². The van der Waals surface area contributed by atoms with Crippen LogP contribution in [0, 0.1) is 0 Å². The molecule has 0 saturated heterocycles. The Kier molecular flexibility index (Phi) is 5.59. The average Bonchev–Trinajstić information content (AvgIpc) is 3.26. The van der Waals surface area contributed by atoms with Crippen LogP contribution >= 0.6 is 11.3 Å². The summed E-state index contributed by atoms with van der Waals surface area (Å²) in [6.45, 7) is 0. The minimum atomic E-state index is -0.150. The molecule has 1 saturated carbocycles. The molecule has 0 unspecified atom stereocenters. The predicted octanol–water partition coefficient (Wildman–Crippen LogP) is 3.39. The molecule has 1 heterocycles. The topological polar surface area (TPSA) is 71.1 Å². The molecule has 5 nitrogen and oxygen atoms in total. The van der Waals surface area contributed by atoms with Crippen molar-refractivity contribution in [1.82, 2.24) is 10.3 Å². The fraction of sp³-hybridized carbons (Fsp3) is 0.389. The molecule has 2 N–H and O–H groups in total. The van der Waals surface area contributed by atoms with E-state index in [9.17, 15) is 9.59 Å². The van der Waals surface area contributed by atoms with Gasteiger partial charge in [-0.1, -0.05) is 43.2 Å². The highest BCUT2D eigenvalue weighted by Crippen LogP contribution is 2.20. The van der Waals surface area contributed by atoms with E-state index in [0.29, 0.717) is 23.7 Å². The smallest absolute Gasteiger partial charge is 0.271 e. The Bertz CT molecular complexity index is 693. The molecule has 1 aromatic heterocycles. The molecule has 1 aliphatic carbocycles. The zero-order valence-corrected chi connectivity index (χ0v) is 14.3. The molecule has 2 aromatic rings. The van der Waals surface area contributed by atoms with Crippen LogP contribution in [0.25, 0.3) is 0 Å². The number of rotatable bonds is 6. The average molecular weight is 343 g/mol. The molecular weight excluding hydrogens is 322 g/mol. The van der Waals surface area contributed by atoms with Gasteiger partial charge in [-0.2, -0.15) is 0 Å². The Hall–Kier alpha value is -2.21. The van der Waals surface area contributed by atoms with Crippen LogP contribution in [-0.4, -0.2) is 22.8 Å². The second-order valence-corrected chi connectivity index (χ2v) is 6.88. The number of amides is 2. The number of nitrogens with zero attached hydrogens (tertiary/aromatic N) is 1. The van der Waals surface area contributed by atoms with Gasteiger partial charge < -0.3 is 10.6 Å². The summed E-state index contributed by atoms with van der Waals surface area (Å²) in [5.41, 5.74) is 1.51. The number of benzene rings is 1. The molecule has 2 amide bonds. The Morgan fingerprint density at radius 1 is 1.17 bits per heavy atom. The summed E-state index contributed by atoms with van der Waals surface area (Å²) < 4.78 is 0. The van der Waals surface area contributed by atoms with Crippen LogP contribution in [-0.2, 0) is 11.2 Å². The lowest BCUT2D eigenvalue weighted by molar-refractivity contribution is -0.116. The van der Waals surface area contributed by atoms with Crippen molar-refractivity contribution < 1.29 is 9.59 Å². The van der Waals surface area contributed by atoms with Gasteiger partial charge in [-0.25, -0.2) is 4.98 Å². The van der Waals surface area contributed by atoms with E-state index in [0.717, 1.165) is 18.4 Å². The van der Waals surface area contributed by atoms with E-state index in [-0.39, 0.29) is 17.9 Å². The highest BCUT2D eigenvalue weighted by Gasteiger charge is 2.19. The third kappa shape index (κ3) is 4.64. The molecule has 126 valence electrons. The Labute approximate surface area is 145 Å². The molecule has 3 rings (SSSR count). The lowest BCUT2D eigenvalue weighted by atomic mass is 10.1. The van der Waals surface area contributed by atoms with Gasteiger partial charge in [0.25, 0.3) is 5.91 Å². The first kappa shape index (κ1) is 16.6. The molecule has 24 heavy (non-hydrogen) atoms. The minimum Gasteiger partial charge on any atom is -0.348 e. The number of thiazole rings is 1. The van der Waals surface area contributed by atoms with Crippen LogP contribution in [0.3, 0.4) is 0 Å². The molecule has 0 radical (unpaired) electrons. The lowest BCUT2D eigenvalue weighted by Crippen LogP contribution is -2.32. The summed E-state index contributed by atoms with van der Waals surface area (Å²) in [5.74, 6) is -0.237. The Morgan fingerprint density at radius 2 is 1.92 bits per heavy atom. The second kappa shape index (κ2) is 8.06. The van der Waals surface area contributed by atoms with Gasteiger partial charge in [0.1, 0.15) is 5.69 Å². The van der Waals surface area contributed by atoms with Gasteiger partial charge in [0.15, 0.2) is 5.13 Å². The number of aromatic nitrogens is 1. The third-order valence-corrected chi connectivity index (χ3v) is 4.91. The number of hydrogen-bond donors (Lipinski definition) is 2. The first-order chi connectivity index (χ1) is 11.7. The summed E-state index contributed by atoms with van der Waals surface area (Å²) >= 11 is 1.28. The number of carbonyl (C=O) groups excluding carboxylic acids is 2. The first-order valence-electron chi connectivity index (χ1n) is 8.31. The van der Waals surface area contributed by atoms with Crippen molar-refractivity contribution >= 4 is 28.3 Å². The zero-order valence-electron chi connectivity index (χ0n) is 13.5. The van der Waals surface area contributed by atoms with Crippen LogP contribution < -0.4 is 10.6 Å². The van der Waals surface area contributed by atoms with Crippen molar-refractivity contribution in [3.8, 4) is 0 Å². The monoisotopic (exact) mass is 343 g/mol. The lowest BCUT2D eigenvalue weighted by Gasteiger charge is -2.09. The zero-order chi connectivity index (χ0) is 16.8. The molecule has 1 aliphatic rings. The van der Waals surface area contributed by atoms with E-state index in [2.05, 4.69) is 15.6 Å². The van der Waals surface area contributed by atoms with Gasteiger partial charge >= 0.3 is 0 Å². The van der Waals surface area contributed by atoms with E-state index >= 15 is 0 Å². The van der Waals surface area contributed by atoms with Crippen molar-refractivity contribution in [2.24, 2.45) is 0 Å². The highest BCUT2D eigenvalue weighted by molar-refractivity contribution is 7.14. The van der Waals surface area contributed by atoms with Crippen molar-refractivity contribution in [2.45, 2.75) is 44.6 Å². The van der Waals surface area contributed by atoms with E-state index < -0.39 is 0 Å². The quantitative estimate of drug-likeness (QED) is 0.844. The van der Waals surface area contributed by atoms with Crippen molar-refractivity contribution in [2.75, 3.05) is 5.32 Å². The molecular formula is C18H21N3O2S. The number of anilines is 1. The fourth-order valence-corrected chi connectivity index (χ4v) is 3.56. The van der Waals surface area contributed by atoms with E-state index in [4.69, 9.17) is 0 Å². The summed E-state index contributed by atoms with van der Waals surface area (Å²) in [4.78, 5) is 28.4. The van der Waals surface area contributed by atoms with Crippen molar-refractivity contribution in [3.05, 3.63) is 47.0 Å². The maximum absolute atomic E-state index is 12.1. The summed E-state index contributed by atoms with van der Waals surface area (Å²) in [6, 6.07) is 10.1. The van der Waals surface area contributed by atoms with E-state index in [1.54, 1.807) is 5.38 Å². The van der Waals surface area contributed by atoms with E-state index in [1.165, 1.54) is 24.2 Å². The fourth-order valence-electron chi connectivity index (χ4n) is 2.85. The van der Waals surface area contributed by atoms with Crippen LogP contribution in [0.15, 0.2) is 35.7 Å². The summed E-state index contributed by atoms with van der Waals surface area (Å²) in [6.07, 6.45) is 5.51. The predicted molar refractivity (Wildman–Crippen MR) is 95.2 cm³/mol. The molecule has 0 bridgehead atoms. The van der Waals surface area contributed by atoms with Crippen molar-refractivity contribution in [1.29, 1.82) is 0 Å². The molecule has 0 aliphatic heterocycles. The molecule has 0 spiro atoms.